The van der Waals surface area contributed by atoms with E-state index in [1.807, 2.05) is 26.0 Å². The number of carbonyl (C=O) groups excluding carboxylic acids is 1. The predicted octanol–water partition coefficient (Wildman–Crippen LogP) is 4.64. The summed E-state index contributed by atoms with van der Waals surface area (Å²) >= 11 is 7.11. The zero-order valence-electron chi connectivity index (χ0n) is 13.7. The van der Waals surface area contributed by atoms with Crippen LogP contribution in [0, 0.1) is 13.8 Å². The second-order valence-electron chi connectivity index (χ2n) is 5.50. The molecule has 0 saturated heterocycles. The summed E-state index contributed by atoms with van der Waals surface area (Å²) in [6.45, 7) is 4.26. The molecule has 0 aliphatic carbocycles. The molecule has 1 N–H and O–H groups in total. The number of hydrogen-bond acceptors (Lipinski definition) is 5. The average molecular weight is 374 g/mol. The molecule has 0 atom stereocenters. The highest BCUT2D eigenvalue weighted by molar-refractivity contribution is 7.15. The Morgan fingerprint density at radius 2 is 1.88 bits per heavy atom. The van der Waals surface area contributed by atoms with E-state index in [4.69, 9.17) is 16.3 Å². The van der Waals surface area contributed by atoms with Crippen molar-refractivity contribution in [1.29, 1.82) is 0 Å². The Morgan fingerprint density at radius 3 is 2.60 bits per heavy atom. The monoisotopic (exact) mass is 373 g/mol. The molecular weight excluding hydrogens is 358 g/mol. The van der Waals surface area contributed by atoms with E-state index in [1.54, 1.807) is 30.3 Å². The normalized spacial score (nSPS) is 10.5. The molecule has 2 aromatic carbocycles. The van der Waals surface area contributed by atoms with Gasteiger partial charge in [-0.25, -0.2) is 0 Å². The second-order valence-corrected chi connectivity index (χ2v) is 7.00. The zero-order chi connectivity index (χ0) is 17.8. The third kappa shape index (κ3) is 4.55. The largest absolute Gasteiger partial charge is 0.486 e. The van der Waals surface area contributed by atoms with Gasteiger partial charge in [0.25, 0.3) is 5.91 Å². The van der Waals surface area contributed by atoms with Gasteiger partial charge in [-0.3, -0.25) is 10.1 Å². The molecule has 0 aliphatic rings. The summed E-state index contributed by atoms with van der Waals surface area (Å²) in [6.07, 6.45) is 0. The number of aromatic nitrogens is 2. The van der Waals surface area contributed by atoms with E-state index >= 15 is 0 Å². The Bertz CT molecular complexity index is 894. The van der Waals surface area contributed by atoms with Gasteiger partial charge in [-0.05, 0) is 61.4 Å². The quantitative estimate of drug-likeness (QED) is 0.707. The molecule has 3 rings (SSSR count). The summed E-state index contributed by atoms with van der Waals surface area (Å²) in [7, 11) is 0. The van der Waals surface area contributed by atoms with Gasteiger partial charge in [0.05, 0.1) is 0 Å². The van der Waals surface area contributed by atoms with Crippen LogP contribution >= 0.6 is 22.9 Å². The number of carbonyl (C=O) groups is 1. The maximum absolute atomic E-state index is 12.3. The van der Waals surface area contributed by atoms with Crippen molar-refractivity contribution in [1.82, 2.24) is 10.2 Å². The van der Waals surface area contributed by atoms with Crippen LogP contribution in [0.2, 0.25) is 5.02 Å². The number of rotatable bonds is 5. The molecule has 1 aromatic heterocycles. The summed E-state index contributed by atoms with van der Waals surface area (Å²) in [5.41, 5.74) is 2.81. The molecule has 0 aliphatic heterocycles. The number of aryl methyl sites for hydroxylation is 2. The van der Waals surface area contributed by atoms with Gasteiger partial charge in [-0.2, -0.15) is 0 Å². The fraction of sp³-hybridized carbons (Fsp3) is 0.167. The lowest BCUT2D eigenvalue weighted by atomic mass is 10.1. The molecule has 1 amide bonds. The van der Waals surface area contributed by atoms with Crippen molar-refractivity contribution in [2.75, 3.05) is 5.32 Å². The predicted molar refractivity (Wildman–Crippen MR) is 99.6 cm³/mol. The number of ether oxygens (including phenoxy) is 1. The third-order valence-corrected chi connectivity index (χ3v) is 4.70. The van der Waals surface area contributed by atoms with E-state index in [0.717, 1.165) is 11.1 Å². The molecule has 128 valence electrons. The standard InChI is InChI=1S/C18H16ClN3O2S/c1-11-3-4-13(9-12(11)2)17(23)20-18-22-21-16(25-18)10-24-15-7-5-14(19)6-8-15/h3-9H,10H2,1-2H3,(H,20,22,23). The molecule has 5 nitrogen and oxygen atoms in total. The lowest BCUT2D eigenvalue weighted by Crippen LogP contribution is -2.12. The highest BCUT2D eigenvalue weighted by Crippen LogP contribution is 2.20. The molecule has 0 radical (unpaired) electrons. The fourth-order valence-corrected chi connectivity index (χ4v) is 2.86. The van der Waals surface area contributed by atoms with Crippen LogP contribution < -0.4 is 10.1 Å². The first-order valence-electron chi connectivity index (χ1n) is 7.60. The first-order chi connectivity index (χ1) is 12.0. The topological polar surface area (TPSA) is 64.1 Å². The number of halogens is 1. The van der Waals surface area contributed by atoms with Crippen LogP contribution in [0.1, 0.15) is 26.5 Å². The summed E-state index contributed by atoms with van der Waals surface area (Å²) in [4.78, 5) is 12.3. The lowest BCUT2D eigenvalue weighted by molar-refractivity contribution is 0.102. The van der Waals surface area contributed by atoms with Crippen molar-refractivity contribution in [3.8, 4) is 5.75 Å². The van der Waals surface area contributed by atoms with Crippen LogP contribution in [-0.2, 0) is 6.61 Å². The van der Waals surface area contributed by atoms with Gasteiger partial charge >= 0.3 is 0 Å². The van der Waals surface area contributed by atoms with Gasteiger partial charge in [0.2, 0.25) is 5.13 Å². The minimum absolute atomic E-state index is 0.204. The van der Waals surface area contributed by atoms with Crippen molar-refractivity contribution in [3.63, 3.8) is 0 Å². The molecule has 3 aromatic rings. The SMILES string of the molecule is Cc1ccc(C(=O)Nc2nnc(COc3ccc(Cl)cc3)s2)cc1C. The van der Waals surface area contributed by atoms with Gasteiger partial charge in [-0.15, -0.1) is 10.2 Å². The molecule has 25 heavy (non-hydrogen) atoms. The number of nitrogens with one attached hydrogen (secondary N) is 1. The van der Waals surface area contributed by atoms with Crippen molar-refractivity contribution in [2.24, 2.45) is 0 Å². The van der Waals surface area contributed by atoms with Gasteiger partial charge in [0, 0.05) is 10.6 Å². The molecule has 0 bridgehead atoms. The van der Waals surface area contributed by atoms with E-state index in [1.165, 1.54) is 11.3 Å². The summed E-state index contributed by atoms with van der Waals surface area (Å²) < 4.78 is 5.62. The number of amides is 1. The Balaban J connectivity index is 1.60. The minimum atomic E-state index is -0.204. The molecule has 0 spiro atoms. The Labute approximate surface area is 154 Å². The van der Waals surface area contributed by atoms with Crippen LogP contribution in [0.15, 0.2) is 42.5 Å². The summed E-state index contributed by atoms with van der Waals surface area (Å²) in [5.74, 6) is 0.490. The van der Waals surface area contributed by atoms with E-state index in [-0.39, 0.29) is 12.5 Å². The van der Waals surface area contributed by atoms with Crippen molar-refractivity contribution in [2.45, 2.75) is 20.5 Å². The molecule has 0 fully saturated rings. The maximum Gasteiger partial charge on any atom is 0.257 e. The highest BCUT2D eigenvalue weighted by Gasteiger charge is 2.11. The Morgan fingerprint density at radius 1 is 1.12 bits per heavy atom. The average Bonchev–Trinajstić information content (AvgIpc) is 3.04. The van der Waals surface area contributed by atoms with Crippen molar-refractivity contribution >= 4 is 34.0 Å². The van der Waals surface area contributed by atoms with Crippen LogP contribution in [0.3, 0.4) is 0 Å². The van der Waals surface area contributed by atoms with E-state index in [0.29, 0.717) is 26.5 Å². The van der Waals surface area contributed by atoms with Crippen LogP contribution in [-0.4, -0.2) is 16.1 Å². The van der Waals surface area contributed by atoms with E-state index in [2.05, 4.69) is 15.5 Å². The van der Waals surface area contributed by atoms with Crippen LogP contribution in [0.5, 0.6) is 5.75 Å². The molecular formula is C18H16ClN3O2S. The first-order valence-corrected chi connectivity index (χ1v) is 8.80. The molecule has 0 saturated carbocycles. The minimum Gasteiger partial charge on any atom is -0.486 e. The van der Waals surface area contributed by atoms with Gasteiger partial charge in [0.1, 0.15) is 12.4 Å². The number of nitrogens with zero attached hydrogens (tertiary/aromatic N) is 2. The highest BCUT2D eigenvalue weighted by atomic mass is 35.5. The zero-order valence-corrected chi connectivity index (χ0v) is 15.3. The van der Waals surface area contributed by atoms with Crippen LogP contribution in [0.25, 0.3) is 0 Å². The number of benzene rings is 2. The first kappa shape index (κ1) is 17.4. The second kappa shape index (κ2) is 7.63. The third-order valence-electron chi connectivity index (χ3n) is 3.63. The number of anilines is 1. The molecule has 7 heteroatoms. The van der Waals surface area contributed by atoms with Gasteiger partial charge < -0.3 is 4.74 Å². The lowest BCUT2D eigenvalue weighted by Gasteiger charge is -2.04. The van der Waals surface area contributed by atoms with E-state index in [9.17, 15) is 4.79 Å². The van der Waals surface area contributed by atoms with Gasteiger partial charge in [0.15, 0.2) is 5.01 Å². The number of hydrogen-bond donors (Lipinski definition) is 1. The smallest absolute Gasteiger partial charge is 0.257 e. The summed E-state index contributed by atoms with van der Waals surface area (Å²) in [6, 6.07) is 12.7. The van der Waals surface area contributed by atoms with Crippen LogP contribution in [0.4, 0.5) is 5.13 Å². The maximum atomic E-state index is 12.3. The van der Waals surface area contributed by atoms with Crippen molar-refractivity contribution in [3.05, 3.63) is 69.2 Å². The Kier molecular flexibility index (Phi) is 5.31. The molecule has 0 unspecified atom stereocenters. The van der Waals surface area contributed by atoms with Crippen molar-refractivity contribution < 1.29 is 9.53 Å². The summed E-state index contributed by atoms with van der Waals surface area (Å²) in [5, 5.41) is 12.5. The Hall–Kier alpha value is -2.44. The van der Waals surface area contributed by atoms with Gasteiger partial charge in [-0.1, -0.05) is 29.0 Å². The fourth-order valence-electron chi connectivity index (χ4n) is 2.09. The molecule has 1 heterocycles. The van der Waals surface area contributed by atoms with E-state index < -0.39 is 0 Å².